The van der Waals surface area contributed by atoms with Crippen LogP contribution in [0.3, 0.4) is 0 Å². The van der Waals surface area contributed by atoms with Crippen LogP contribution in [0.15, 0.2) is 30.5 Å². The van der Waals surface area contributed by atoms with Gasteiger partial charge in [0.25, 0.3) is 5.69 Å². The van der Waals surface area contributed by atoms with Crippen molar-refractivity contribution in [2.24, 2.45) is 0 Å². The molecule has 0 saturated carbocycles. The predicted molar refractivity (Wildman–Crippen MR) is 73.2 cm³/mol. The van der Waals surface area contributed by atoms with Gasteiger partial charge in [0.05, 0.1) is 11.1 Å². The van der Waals surface area contributed by atoms with Crippen LogP contribution in [-0.4, -0.2) is 21.9 Å². The van der Waals surface area contributed by atoms with E-state index in [0.29, 0.717) is 11.5 Å². The minimum absolute atomic E-state index is 0.0184. The first kappa shape index (κ1) is 13.5. The van der Waals surface area contributed by atoms with Gasteiger partial charge < -0.3 is 4.90 Å². The van der Waals surface area contributed by atoms with Gasteiger partial charge in [-0.3, -0.25) is 10.1 Å². The van der Waals surface area contributed by atoms with Crippen molar-refractivity contribution >= 4 is 40.4 Å². The standard InChI is InChI=1S/C11H8Cl2N4O2/c1-16(10-7(12)6-14-11(13)15-10)8-4-2-3-5-9(8)17(18)19/h2-6H,1H3. The zero-order valence-corrected chi connectivity index (χ0v) is 11.3. The summed E-state index contributed by atoms with van der Waals surface area (Å²) in [6.07, 6.45) is 1.34. The topological polar surface area (TPSA) is 72.2 Å². The highest BCUT2D eigenvalue weighted by molar-refractivity contribution is 6.33. The van der Waals surface area contributed by atoms with Crippen molar-refractivity contribution in [2.75, 3.05) is 11.9 Å². The average Bonchev–Trinajstić information content (AvgIpc) is 2.40. The Morgan fingerprint density at radius 3 is 2.68 bits per heavy atom. The number of rotatable bonds is 3. The normalized spacial score (nSPS) is 10.3. The number of aromatic nitrogens is 2. The van der Waals surface area contributed by atoms with Gasteiger partial charge in [0.2, 0.25) is 5.28 Å². The van der Waals surface area contributed by atoms with Crippen LogP contribution >= 0.6 is 23.2 Å². The fourth-order valence-corrected chi connectivity index (χ4v) is 1.94. The smallest absolute Gasteiger partial charge is 0.292 e. The zero-order valence-electron chi connectivity index (χ0n) is 9.75. The SMILES string of the molecule is CN(c1ccccc1[N+](=O)[O-])c1nc(Cl)ncc1Cl. The van der Waals surface area contributed by atoms with Crippen LogP contribution in [0.2, 0.25) is 10.3 Å². The number of hydrogen-bond donors (Lipinski definition) is 0. The van der Waals surface area contributed by atoms with Crippen molar-refractivity contribution in [1.29, 1.82) is 0 Å². The van der Waals surface area contributed by atoms with Gasteiger partial charge in [-0.05, 0) is 17.7 Å². The molecule has 0 unspecified atom stereocenters. The van der Waals surface area contributed by atoms with Gasteiger partial charge in [0, 0.05) is 13.1 Å². The van der Waals surface area contributed by atoms with Crippen LogP contribution in [0.4, 0.5) is 17.2 Å². The summed E-state index contributed by atoms with van der Waals surface area (Å²) in [7, 11) is 1.62. The quantitative estimate of drug-likeness (QED) is 0.493. The lowest BCUT2D eigenvalue weighted by Crippen LogP contribution is -2.14. The van der Waals surface area contributed by atoms with E-state index < -0.39 is 4.92 Å². The second-order valence-electron chi connectivity index (χ2n) is 3.62. The first-order valence-corrected chi connectivity index (χ1v) is 5.91. The molecule has 1 aromatic heterocycles. The van der Waals surface area contributed by atoms with E-state index in [9.17, 15) is 10.1 Å². The van der Waals surface area contributed by atoms with E-state index in [-0.39, 0.29) is 16.0 Å². The summed E-state index contributed by atoms with van der Waals surface area (Å²) in [6.45, 7) is 0. The van der Waals surface area contributed by atoms with Crippen molar-refractivity contribution in [3.8, 4) is 0 Å². The number of hydrogen-bond acceptors (Lipinski definition) is 5. The molecule has 0 fully saturated rings. The van der Waals surface area contributed by atoms with Crippen LogP contribution in [-0.2, 0) is 0 Å². The lowest BCUT2D eigenvalue weighted by molar-refractivity contribution is -0.384. The van der Waals surface area contributed by atoms with Crippen LogP contribution in [0.1, 0.15) is 0 Å². The largest absolute Gasteiger partial charge is 0.322 e. The number of benzene rings is 1. The third-order valence-electron chi connectivity index (χ3n) is 2.45. The van der Waals surface area contributed by atoms with Crippen molar-refractivity contribution in [3.05, 3.63) is 50.9 Å². The molecular formula is C11H8Cl2N4O2. The molecule has 0 spiro atoms. The summed E-state index contributed by atoms with van der Waals surface area (Å²) in [6, 6.07) is 6.28. The highest BCUT2D eigenvalue weighted by Gasteiger charge is 2.20. The van der Waals surface area contributed by atoms with Gasteiger partial charge in [-0.25, -0.2) is 4.98 Å². The van der Waals surface area contributed by atoms with E-state index in [1.54, 1.807) is 25.2 Å². The van der Waals surface area contributed by atoms with Crippen molar-refractivity contribution in [2.45, 2.75) is 0 Å². The van der Waals surface area contributed by atoms with E-state index in [1.165, 1.54) is 17.2 Å². The van der Waals surface area contributed by atoms with Crippen molar-refractivity contribution < 1.29 is 4.92 Å². The number of nitrogens with zero attached hydrogens (tertiary/aromatic N) is 4. The van der Waals surface area contributed by atoms with Crippen LogP contribution < -0.4 is 4.90 Å². The van der Waals surface area contributed by atoms with Crippen LogP contribution in [0, 0.1) is 10.1 Å². The molecular weight excluding hydrogens is 291 g/mol. The molecule has 0 amide bonds. The maximum absolute atomic E-state index is 11.0. The minimum Gasteiger partial charge on any atom is -0.322 e. The van der Waals surface area contributed by atoms with Gasteiger partial charge in [-0.15, -0.1) is 0 Å². The summed E-state index contributed by atoms with van der Waals surface area (Å²) < 4.78 is 0. The molecule has 2 rings (SSSR count). The highest BCUT2D eigenvalue weighted by atomic mass is 35.5. The lowest BCUT2D eigenvalue weighted by Gasteiger charge is -2.18. The number of para-hydroxylation sites is 2. The van der Waals surface area contributed by atoms with Gasteiger partial charge >= 0.3 is 0 Å². The Morgan fingerprint density at radius 1 is 1.32 bits per heavy atom. The molecule has 0 N–H and O–H groups in total. The molecule has 19 heavy (non-hydrogen) atoms. The van der Waals surface area contributed by atoms with Crippen molar-refractivity contribution in [1.82, 2.24) is 9.97 Å². The zero-order chi connectivity index (χ0) is 14.0. The maximum Gasteiger partial charge on any atom is 0.292 e. The molecule has 0 aliphatic rings. The molecule has 8 heteroatoms. The number of halogens is 2. The second kappa shape index (κ2) is 5.38. The third kappa shape index (κ3) is 2.74. The molecule has 1 heterocycles. The maximum atomic E-state index is 11.0. The van der Waals surface area contributed by atoms with E-state index >= 15 is 0 Å². The predicted octanol–water partition coefficient (Wildman–Crippen LogP) is 3.46. The van der Waals surface area contributed by atoms with E-state index in [4.69, 9.17) is 23.2 Å². The highest BCUT2D eigenvalue weighted by Crippen LogP contribution is 2.34. The first-order chi connectivity index (χ1) is 9.00. The second-order valence-corrected chi connectivity index (χ2v) is 4.36. The number of anilines is 2. The Balaban J connectivity index is 2.53. The Hall–Kier alpha value is -1.92. The van der Waals surface area contributed by atoms with Gasteiger partial charge in [0.15, 0.2) is 5.82 Å². The van der Waals surface area contributed by atoms with Gasteiger partial charge in [-0.2, -0.15) is 4.98 Å². The average molecular weight is 299 g/mol. The molecule has 0 radical (unpaired) electrons. The summed E-state index contributed by atoms with van der Waals surface area (Å²) in [5.74, 6) is 0.302. The van der Waals surface area contributed by atoms with E-state index in [1.807, 2.05) is 0 Å². The van der Waals surface area contributed by atoms with Crippen molar-refractivity contribution in [3.63, 3.8) is 0 Å². The Labute approximate surface area is 118 Å². The van der Waals surface area contributed by atoms with Gasteiger partial charge in [0.1, 0.15) is 10.7 Å². The molecule has 0 saturated heterocycles. The number of nitro groups is 1. The molecule has 0 aliphatic carbocycles. The minimum atomic E-state index is -0.470. The molecule has 0 aliphatic heterocycles. The first-order valence-electron chi connectivity index (χ1n) is 5.16. The summed E-state index contributed by atoms with van der Waals surface area (Å²) in [5, 5.41) is 11.3. The van der Waals surface area contributed by atoms with E-state index in [2.05, 4.69) is 9.97 Å². The van der Waals surface area contributed by atoms with Crippen LogP contribution in [0.25, 0.3) is 0 Å². The van der Waals surface area contributed by atoms with Gasteiger partial charge in [-0.1, -0.05) is 23.7 Å². The molecule has 0 atom stereocenters. The summed E-state index contributed by atoms with van der Waals surface area (Å²) >= 11 is 11.7. The van der Waals surface area contributed by atoms with E-state index in [0.717, 1.165) is 0 Å². The Kier molecular flexibility index (Phi) is 3.82. The number of nitro benzene ring substituents is 1. The molecule has 6 nitrogen and oxygen atoms in total. The molecule has 0 bridgehead atoms. The summed E-state index contributed by atoms with van der Waals surface area (Å²) in [4.78, 5) is 19.7. The third-order valence-corrected chi connectivity index (χ3v) is 2.90. The molecule has 98 valence electrons. The summed E-state index contributed by atoms with van der Waals surface area (Å²) in [5.41, 5.74) is 0.319. The Bertz CT molecular complexity index is 636. The molecule has 2 aromatic rings. The molecule has 1 aromatic carbocycles. The monoisotopic (exact) mass is 298 g/mol. The lowest BCUT2D eigenvalue weighted by atomic mass is 10.2. The Morgan fingerprint density at radius 2 is 2.00 bits per heavy atom. The fourth-order valence-electron chi connectivity index (χ4n) is 1.59. The van der Waals surface area contributed by atoms with Crippen LogP contribution in [0.5, 0.6) is 0 Å². The fraction of sp³-hybridized carbons (Fsp3) is 0.0909.